The van der Waals surface area contributed by atoms with Crippen LogP contribution in [0.4, 0.5) is 0 Å². The van der Waals surface area contributed by atoms with E-state index in [0.29, 0.717) is 0 Å². The Morgan fingerprint density at radius 3 is 2.13 bits per heavy atom. The molecule has 11 rings (SSSR count). The summed E-state index contributed by atoms with van der Waals surface area (Å²) in [5.41, 5.74) is 12.3. The van der Waals surface area contributed by atoms with Crippen molar-refractivity contribution < 1.29 is 0 Å². The van der Waals surface area contributed by atoms with Crippen LogP contribution in [0.2, 0.25) is 0 Å². The Balaban J connectivity index is 1.19. The lowest BCUT2D eigenvalue weighted by Crippen LogP contribution is -2.04. The summed E-state index contributed by atoms with van der Waals surface area (Å²) >= 11 is 1.84. The molecule has 0 saturated heterocycles. The topological polar surface area (TPSA) is 30.7 Å². The normalized spacial score (nSPS) is 11.9. The average Bonchev–Trinajstić information content (AvgIpc) is 3.76. The van der Waals surface area contributed by atoms with Gasteiger partial charge >= 0.3 is 0 Å². The third-order valence-electron chi connectivity index (χ3n) is 11.0. The second-order valence-corrected chi connectivity index (χ2v) is 15.3. The average molecular weight is 708 g/mol. The fourth-order valence-corrected chi connectivity index (χ4v) is 9.50. The molecule has 0 unspecified atom stereocenters. The molecule has 54 heavy (non-hydrogen) atoms. The van der Waals surface area contributed by atoms with Gasteiger partial charge in [0, 0.05) is 36.5 Å². The van der Waals surface area contributed by atoms with Gasteiger partial charge in [0.25, 0.3) is 0 Å². The van der Waals surface area contributed by atoms with Gasteiger partial charge in [0.05, 0.1) is 22.1 Å². The number of nitrogens with zero attached hydrogens (tertiary/aromatic N) is 3. The minimum atomic E-state index is 0.806. The first-order valence-electron chi connectivity index (χ1n) is 18.5. The van der Waals surface area contributed by atoms with Crippen LogP contribution in [0.3, 0.4) is 0 Å². The molecule has 11 aromatic rings. The molecule has 0 atom stereocenters. The van der Waals surface area contributed by atoms with E-state index in [2.05, 4.69) is 169 Å². The van der Waals surface area contributed by atoms with E-state index in [0.717, 1.165) is 45.6 Å². The molecular formula is C50H33N3S. The molecule has 0 radical (unpaired) electrons. The minimum absolute atomic E-state index is 0.806. The highest BCUT2D eigenvalue weighted by Crippen LogP contribution is 2.42. The molecule has 254 valence electrons. The van der Waals surface area contributed by atoms with Gasteiger partial charge in [-0.05, 0) is 94.4 Å². The van der Waals surface area contributed by atoms with Crippen LogP contribution in [0.25, 0.3) is 92.0 Å². The first-order chi connectivity index (χ1) is 26.7. The maximum atomic E-state index is 5.48. The first kappa shape index (κ1) is 31.0. The lowest BCUT2D eigenvalue weighted by Gasteiger charge is -2.15. The highest BCUT2D eigenvalue weighted by Gasteiger charge is 2.22. The zero-order chi connectivity index (χ0) is 35.8. The highest BCUT2D eigenvalue weighted by molar-refractivity contribution is 7.25. The molecule has 0 amide bonds. The number of para-hydroxylation sites is 2. The van der Waals surface area contributed by atoms with Crippen LogP contribution in [-0.2, 0) is 6.42 Å². The van der Waals surface area contributed by atoms with Crippen molar-refractivity contribution >= 4 is 75.1 Å². The van der Waals surface area contributed by atoms with E-state index in [1.54, 1.807) is 0 Å². The van der Waals surface area contributed by atoms with Crippen LogP contribution in [0.15, 0.2) is 170 Å². The second kappa shape index (κ2) is 12.2. The van der Waals surface area contributed by atoms with E-state index in [1.807, 2.05) is 23.5 Å². The van der Waals surface area contributed by atoms with E-state index >= 15 is 0 Å². The smallest absolute Gasteiger partial charge is 0.165 e. The largest absolute Gasteiger partial charge is 0.292 e. The Labute approximate surface area is 316 Å². The Bertz CT molecular complexity index is 3280. The van der Waals surface area contributed by atoms with Crippen molar-refractivity contribution in [2.24, 2.45) is 0 Å². The van der Waals surface area contributed by atoms with Gasteiger partial charge in [0.15, 0.2) is 5.82 Å². The number of benzene rings is 8. The molecule has 0 N–H and O–H groups in total. The molecule has 0 spiro atoms. The summed E-state index contributed by atoms with van der Waals surface area (Å²) in [6.07, 6.45) is 0.806. The first-order valence-corrected chi connectivity index (χ1v) is 19.3. The predicted molar refractivity (Wildman–Crippen MR) is 229 cm³/mol. The second-order valence-electron chi connectivity index (χ2n) is 14.2. The van der Waals surface area contributed by atoms with E-state index in [1.165, 1.54) is 69.5 Å². The molecule has 4 heteroatoms. The lowest BCUT2D eigenvalue weighted by atomic mass is 9.92. The molecular weight excluding hydrogens is 675 g/mol. The number of fused-ring (bicyclic) bond motifs is 9. The summed E-state index contributed by atoms with van der Waals surface area (Å²) in [4.78, 5) is 10.9. The van der Waals surface area contributed by atoms with Crippen LogP contribution >= 0.6 is 11.3 Å². The van der Waals surface area contributed by atoms with Crippen molar-refractivity contribution in [2.45, 2.75) is 13.3 Å². The Morgan fingerprint density at radius 2 is 1.24 bits per heavy atom. The standard InChI is InChI=1S/C50H33N3S/c1-31-12-2-5-15-36(31)37-16-6-4-14-34(37)28-32-22-25-40-45(29-32)53(44-26-23-33-13-3-7-17-38(33)48(40)44)50-49(51-42-19-9-10-20-43(42)52-50)35-24-27-47-41(30-35)39-18-8-11-21-46(39)54-47/h2-27,29-30H,28H2,1H3. The Kier molecular flexibility index (Phi) is 7.01. The molecule has 0 aliphatic rings. The maximum absolute atomic E-state index is 5.48. The van der Waals surface area contributed by atoms with Crippen molar-refractivity contribution in [3.05, 3.63) is 187 Å². The van der Waals surface area contributed by atoms with Crippen molar-refractivity contribution in [3.8, 4) is 28.2 Å². The number of aromatic nitrogens is 3. The third-order valence-corrected chi connectivity index (χ3v) is 12.1. The molecule has 0 fully saturated rings. The number of aryl methyl sites for hydroxylation is 1. The van der Waals surface area contributed by atoms with E-state index in [4.69, 9.17) is 9.97 Å². The van der Waals surface area contributed by atoms with Crippen molar-refractivity contribution in [1.82, 2.24) is 14.5 Å². The van der Waals surface area contributed by atoms with Gasteiger partial charge in [-0.3, -0.25) is 4.57 Å². The summed E-state index contributed by atoms with van der Waals surface area (Å²) in [7, 11) is 0. The minimum Gasteiger partial charge on any atom is -0.292 e. The fraction of sp³-hybridized carbons (Fsp3) is 0.0400. The molecule has 8 aromatic carbocycles. The lowest BCUT2D eigenvalue weighted by molar-refractivity contribution is 1.08. The van der Waals surface area contributed by atoms with Gasteiger partial charge in [-0.1, -0.05) is 127 Å². The summed E-state index contributed by atoms with van der Waals surface area (Å²) in [6.45, 7) is 2.20. The van der Waals surface area contributed by atoms with Gasteiger partial charge in [-0.25, -0.2) is 9.97 Å². The quantitative estimate of drug-likeness (QED) is 0.178. The molecule has 0 aliphatic carbocycles. The molecule has 3 aromatic heterocycles. The van der Waals surface area contributed by atoms with Crippen LogP contribution in [0.1, 0.15) is 16.7 Å². The van der Waals surface area contributed by atoms with E-state index < -0.39 is 0 Å². The van der Waals surface area contributed by atoms with Crippen LogP contribution in [-0.4, -0.2) is 14.5 Å². The molecule has 3 heterocycles. The van der Waals surface area contributed by atoms with Crippen molar-refractivity contribution in [3.63, 3.8) is 0 Å². The summed E-state index contributed by atoms with van der Waals surface area (Å²) < 4.78 is 4.94. The van der Waals surface area contributed by atoms with Crippen LogP contribution in [0.5, 0.6) is 0 Å². The van der Waals surface area contributed by atoms with Gasteiger partial charge in [0.1, 0.15) is 5.69 Å². The van der Waals surface area contributed by atoms with Gasteiger partial charge in [0.2, 0.25) is 0 Å². The van der Waals surface area contributed by atoms with Crippen molar-refractivity contribution in [1.29, 1.82) is 0 Å². The Morgan fingerprint density at radius 1 is 0.519 bits per heavy atom. The van der Waals surface area contributed by atoms with Gasteiger partial charge in [-0.15, -0.1) is 11.3 Å². The molecule has 0 saturated carbocycles. The number of rotatable bonds is 5. The Hall–Kier alpha value is -6.62. The monoisotopic (exact) mass is 707 g/mol. The highest BCUT2D eigenvalue weighted by atomic mass is 32.1. The van der Waals surface area contributed by atoms with Gasteiger partial charge in [-0.2, -0.15) is 0 Å². The van der Waals surface area contributed by atoms with Crippen LogP contribution in [0, 0.1) is 6.92 Å². The number of hydrogen-bond acceptors (Lipinski definition) is 3. The zero-order valence-corrected chi connectivity index (χ0v) is 30.4. The van der Waals surface area contributed by atoms with Gasteiger partial charge < -0.3 is 0 Å². The predicted octanol–water partition coefficient (Wildman–Crippen LogP) is 13.5. The SMILES string of the molecule is Cc1ccccc1-c1ccccc1Cc1ccc2c3c4ccccc4ccc3n(-c3nc4ccccc4nc3-c3ccc4sc5ccccc5c4c3)c2c1. The molecule has 0 bridgehead atoms. The van der Waals surface area contributed by atoms with Crippen molar-refractivity contribution in [2.75, 3.05) is 0 Å². The zero-order valence-electron chi connectivity index (χ0n) is 29.6. The molecule has 0 aliphatic heterocycles. The van der Waals surface area contributed by atoms with Crippen LogP contribution < -0.4 is 0 Å². The third kappa shape index (κ3) is 4.88. The van der Waals surface area contributed by atoms with E-state index in [9.17, 15) is 0 Å². The fourth-order valence-electron chi connectivity index (χ4n) is 8.42. The molecule has 3 nitrogen and oxygen atoms in total. The summed E-state index contributed by atoms with van der Waals surface area (Å²) in [5.74, 6) is 0.834. The number of thiophene rings is 1. The number of hydrogen-bond donors (Lipinski definition) is 0. The maximum Gasteiger partial charge on any atom is 0.165 e. The van der Waals surface area contributed by atoms with E-state index in [-0.39, 0.29) is 0 Å². The summed E-state index contributed by atoms with van der Waals surface area (Å²) in [6, 6.07) is 61.4. The summed E-state index contributed by atoms with van der Waals surface area (Å²) in [5, 5.41) is 7.41.